The van der Waals surface area contributed by atoms with Crippen molar-refractivity contribution in [1.29, 1.82) is 0 Å². The summed E-state index contributed by atoms with van der Waals surface area (Å²) in [4.78, 5) is 23.3. The molecule has 6 nitrogen and oxygen atoms in total. The molecule has 2 aromatic carbocycles. The van der Waals surface area contributed by atoms with Gasteiger partial charge in [-0.3, -0.25) is 9.59 Å². The maximum Gasteiger partial charge on any atom is 0.265 e. The molecule has 2 amide bonds. The monoisotopic (exact) mass is 328 g/mol. The van der Waals surface area contributed by atoms with Crippen LogP contribution in [0.4, 0.5) is 5.69 Å². The molecule has 126 valence electrons. The van der Waals surface area contributed by atoms with E-state index in [4.69, 9.17) is 15.2 Å². The minimum Gasteiger partial charge on any atom is -0.495 e. The van der Waals surface area contributed by atoms with E-state index in [-0.39, 0.29) is 5.91 Å². The molecule has 1 atom stereocenters. The van der Waals surface area contributed by atoms with E-state index in [0.29, 0.717) is 22.7 Å². The smallest absolute Gasteiger partial charge is 0.265 e. The van der Waals surface area contributed by atoms with Crippen LogP contribution in [0.15, 0.2) is 42.5 Å². The second-order valence-corrected chi connectivity index (χ2v) is 5.34. The van der Waals surface area contributed by atoms with Crippen molar-refractivity contribution in [3.63, 3.8) is 0 Å². The SMILES string of the molecule is COc1ccc(C)cc1NC(=O)[C@H](C)Oc1ccc(C(N)=O)cc1. The van der Waals surface area contributed by atoms with Crippen LogP contribution in [0.5, 0.6) is 11.5 Å². The summed E-state index contributed by atoms with van der Waals surface area (Å²) in [5.41, 5.74) is 7.15. The van der Waals surface area contributed by atoms with Gasteiger partial charge >= 0.3 is 0 Å². The van der Waals surface area contributed by atoms with Crippen molar-refractivity contribution in [2.45, 2.75) is 20.0 Å². The lowest BCUT2D eigenvalue weighted by molar-refractivity contribution is -0.122. The zero-order chi connectivity index (χ0) is 17.7. The van der Waals surface area contributed by atoms with Crippen molar-refractivity contribution < 1.29 is 19.1 Å². The van der Waals surface area contributed by atoms with E-state index < -0.39 is 12.0 Å². The zero-order valence-electron chi connectivity index (χ0n) is 13.8. The van der Waals surface area contributed by atoms with Crippen LogP contribution in [0.25, 0.3) is 0 Å². The summed E-state index contributed by atoms with van der Waals surface area (Å²) in [5, 5.41) is 2.79. The molecule has 0 fully saturated rings. The predicted molar refractivity (Wildman–Crippen MR) is 91.4 cm³/mol. The number of rotatable bonds is 6. The highest BCUT2D eigenvalue weighted by atomic mass is 16.5. The highest BCUT2D eigenvalue weighted by Gasteiger charge is 2.17. The van der Waals surface area contributed by atoms with Crippen LogP contribution in [0.3, 0.4) is 0 Å². The molecule has 0 saturated carbocycles. The minimum atomic E-state index is -0.727. The number of anilines is 1. The number of primary amides is 1. The number of carbonyl (C=O) groups is 2. The van der Waals surface area contributed by atoms with Gasteiger partial charge in [-0.15, -0.1) is 0 Å². The maximum absolute atomic E-state index is 12.3. The molecule has 2 rings (SSSR count). The Hall–Kier alpha value is -3.02. The molecule has 24 heavy (non-hydrogen) atoms. The molecule has 2 aromatic rings. The number of aryl methyl sites for hydroxylation is 1. The van der Waals surface area contributed by atoms with Crippen LogP contribution in [-0.4, -0.2) is 25.0 Å². The van der Waals surface area contributed by atoms with Crippen LogP contribution >= 0.6 is 0 Å². The summed E-state index contributed by atoms with van der Waals surface area (Å²) in [6, 6.07) is 11.8. The van der Waals surface area contributed by atoms with Crippen LogP contribution in [0.1, 0.15) is 22.8 Å². The molecule has 3 N–H and O–H groups in total. The molecule has 0 heterocycles. The number of hydrogen-bond acceptors (Lipinski definition) is 4. The number of nitrogens with one attached hydrogen (secondary N) is 1. The van der Waals surface area contributed by atoms with Crippen LogP contribution in [0, 0.1) is 6.92 Å². The second-order valence-electron chi connectivity index (χ2n) is 5.34. The Labute approximate surface area is 140 Å². The summed E-state index contributed by atoms with van der Waals surface area (Å²) in [6.07, 6.45) is -0.727. The first-order valence-electron chi connectivity index (χ1n) is 7.42. The topological polar surface area (TPSA) is 90.7 Å². The lowest BCUT2D eigenvalue weighted by Crippen LogP contribution is -2.30. The van der Waals surface area contributed by atoms with E-state index in [1.807, 2.05) is 19.1 Å². The largest absolute Gasteiger partial charge is 0.495 e. The van der Waals surface area contributed by atoms with Gasteiger partial charge in [0.1, 0.15) is 11.5 Å². The molecule has 0 unspecified atom stereocenters. The van der Waals surface area contributed by atoms with Gasteiger partial charge < -0.3 is 20.5 Å². The number of hydrogen-bond donors (Lipinski definition) is 2. The van der Waals surface area contributed by atoms with Crippen LogP contribution in [0.2, 0.25) is 0 Å². The molecule has 0 aliphatic rings. The van der Waals surface area contributed by atoms with E-state index in [0.717, 1.165) is 5.56 Å². The first kappa shape index (κ1) is 17.3. The van der Waals surface area contributed by atoms with Gasteiger partial charge in [0.2, 0.25) is 5.91 Å². The van der Waals surface area contributed by atoms with E-state index in [2.05, 4.69) is 5.32 Å². The fraction of sp³-hybridized carbons (Fsp3) is 0.222. The molecular formula is C18H20N2O4. The van der Waals surface area contributed by atoms with Gasteiger partial charge in [0.15, 0.2) is 6.10 Å². The molecule has 0 spiro atoms. The fourth-order valence-electron chi connectivity index (χ4n) is 2.11. The number of methoxy groups -OCH3 is 1. The molecule has 6 heteroatoms. The van der Waals surface area contributed by atoms with Crippen molar-refractivity contribution in [1.82, 2.24) is 0 Å². The first-order chi connectivity index (χ1) is 11.4. The number of carbonyl (C=O) groups excluding carboxylic acids is 2. The summed E-state index contributed by atoms with van der Waals surface area (Å²) in [7, 11) is 1.54. The molecule has 0 aliphatic heterocycles. The number of nitrogens with two attached hydrogens (primary N) is 1. The molecule has 0 bridgehead atoms. The Balaban J connectivity index is 2.04. The lowest BCUT2D eigenvalue weighted by atomic mass is 10.2. The Bertz CT molecular complexity index is 741. The quantitative estimate of drug-likeness (QED) is 0.852. The van der Waals surface area contributed by atoms with E-state index >= 15 is 0 Å². The highest BCUT2D eigenvalue weighted by Crippen LogP contribution is 2.25. The van der Waals surface area contributed by atoms with Gasteiger partial charge in [-0.2, -0.15) is 0 Å². The van der Waals surface area contributed by atoms with Gasteiger partial charge in [-0.25, -0.2) is 0 Å². The van der Waals surface area contributed by atoms with Gasteiger partial charge in [-0.05, 0) is 55.8 Å². The first-order valence-corrected chi connectivity index (χ1v) is 7.42. The van der Waals surface area contributed by atoms with Crippen molar-refractivity contribution in [3.05, 3.63) is 53.6 Å². The van der Waals surface area contributed by atoms with Crippen molar-refractivity contribution in [3.8, 4) is 11.5 Å². The molecule has 0 radical (unpaired) electrons. The Morgan fingerprint density at radius 2 is 1.79 bits per heavy atom. The lowest BCUT2D eigenvalue weighted by Gasteiger charge is -2.16. The van der Waals surface area contributed by atoms with Gasteiger partial charge in [0.05, 0.1) is 12.8 Å². The van der Waals surface area contributed by atoms with Gasteiger partial charge in [-0.1, -0.05) is 6.07 Å². The zero-order valence-corrected chi connectivity index (χ0v) is 13.8. The van der Waals surface area contributed by atoms with E-state index in [1.165, 1.54) is 0 Å². The predicted octanol–water partition coefficient (Wildman–Crippen LogP) is 2.51. The normalized spacial score (nSPS) is 11.5. The average Bonchev–Trinajstić information content (AvgIpc) is 2.55. The summed E-state index contributed by atoms with van der Waals surface area (Å²) < 4.78 is 10.8. The number of benzene rings is 2. The van der Waals surface area contributed by atoms with Crippen LogP contribution in [-0.2, 0) is 4.79 Å². The molecule has 0 saturated heterocycles. The Kier molecular flexibility index (Phi) is 5.42. The number of amides is 2. The van der Waals surface area contributed by atoms with E-state index in [1.54, 1.807) is 44.4 Å². The summed E-state index contributed by atoms with van der Waals surface area (Å²) >= 11 is 0. The molecule has 0 aliphatic carbocycles. The summed E-state index contributed by atoms with van der Waals surface area (Å²) in [6.45, 7) is 3.56. The third kappa shape index (κ3) is 4.25. The minimum absolute atomic E-state index is 0.308. The fourth-order valence-corrected chi connectivity index (χ4v) is 2.11. The van der Waals surface area contributed by atoms with Gasteiger partial charge in [0.25, 0.3) is 5.91 Å². The van der Waals surface area contributed by atoms with Crippen molar-refractivity contribution >= 4 is 17.5 Å². The molecular weight excluding hydrogens is 308 g/mol. The Morgan fingerprint density at radius 3 is 2.38 bits per heavy atom. The van der Waals surface area contributed by atoms with E-state index in [9.17, 15) is 9.59 Å². The van der Waals surface area contributed by atoms with Crippen LogP contribution < -0.4 is 20.5 Å². The second kappa shape index (κ2) is 7.50. The van der Waals surface area contributed by atoms with Gasteiger partial charge in [0, 0.05) is 5.56 Å². The average molecular weight is 328 g/mol. The maximum atomic E-state index is 12.3. The highest BCUT2D eigenvalue weighted by molar-refractivity contribution is 5.95. The third-order valence-corrected chi connectivity index (χ3v) is 3.43. The Morgan fingerprint density at radius 1 is 1.12 bits per heavy atom. The standard InChI is InChI=1S/C18H20N2O4/c1-11-4-9-16(23-3)15(10-11)20-18(22)12(2)24-14-7-5-13(6-8-14)17(19)21/h4-10,12H,1-3H3,(H2,19,21)(H,20,22)/t12-/m0/s1. The molecule has 0 aromatic heterocycles. The summed E-state index contributed by atoms with van der Waals surface area (Å²) in [5.74, 6) is 0.225. The van der Waals surface area contributed by atoms with Crippen molar-refractivity contribution in [2.24, 2.45) is 5.73 Å². The van der Waals surface area contributed by atoms with Crippen molar-refractivity contribution in [2.75, 3.05) is 12.4 Å². The number of ether oxygens (including phenoxy) is 2. The third-order valence-electron chi connectivity index (χ3n) is 3.43.